The molecule has 0 bridgehead atoms. The molecule has 0 saturated carbocycles. The first kappa shape index (κ1) is 65.0. The van der Waals surface area contributed by atoms with E-state index in [0.29, 0.717) is 0 Å². The average Bonchev–Trinajstić information content (AvgIpc) is 4.44. The van der Waals surface area contributed by atoms with Gasteiger partial charge in [-0.3, -0.25) is 0 Å². The van der Waals surface area contributed by atoms with E-state index in [1.54, 1.807) is 46.7 Å². The van der Waals surface area contributed by atoms with Crippen molar-refractivity contribution in [2.24, 2.45) is 0 Å². The Morgan fingerprint density at radius 3 is 0.667 bits per heavy atom. The molecular weight excluding hydrogens is 1250 g/mol. The molecule has 0 unspecified atom stereocenters. The van der Waals surface area contributed by atoms with E-state index in [-0.39, 0.29) is 24.8 Å². The molecule has 0 atom stereocenters. The van der Waals surface area contributed by atoms with Crippen molar-refractivity contribution in [3.63, 3.8) is 0 Å². The van der Waals surface area contributed by atoms with Crippen molar-refractivity contribution in [1.29, 1.82) is 0 Å². The molecule has 0 amide bonds. The predicted octanol–water partition coefficient (Wildman–Crippen LogP) is 13.7. The first-order valence-corrected chi connectivity index (χ1v) is 37.3. The second-order valence-electron chi connectivity index (χ2n) is 20.8. The molecule has 14 rings (SSSR count). The summed E-state index contributed by atoms with van der Waals surface area (Å²) in [6.45, 7) is 12.8. The Morgan fingerprint density at radius 2 is 0.464 bits per heavy atom. The first-order valence-electron chi connectivity index (χ1n) is 27.9. The van der Waals surface area contributed by atoms with E-state index in [2.05, 4.69) is 333 Å². The van der Waals surface area contributed by atoms with Crippen molar-refractivity contribution in [2.45, 2.75) is 41.5 Å². The Balaban J connectivity index is 0.000000146. The van der Waals surface area contributed by atoms with Gasteiger partial charge in [0.25, 0.3) is 0 Å². The standard InChI is InChI=1S/4C16H13.2C7H7Si.2ClH.2Zr/c4*1-12-10-14-8-5-9-15(16(14)11-12)13-6-3-2-4-7-13;2*1-6-2-4-7(8)5-3-6;;;;/h4*2-11H,1H3;2*2-5H,1H3;2*1H;;/q4*-1;;;;;2*+2/p-2. The van der Waals surface area contributed by atoms with E-state index < -0.39 is 0 Å². The maximum atomic E-state index is 2.26. The van der Waals surface area contributed by atoms with E-state index >= 15 is 0 Å². The molecule has 14 aromatic rings. The molecule has 0 nitrogen and oxygen atoms in total. The van der Waals surface area contributed by atoms with Gasteiger partial charge in [0.05, 0.1) is 0 Å². The molecule has 0 aromatic heterocycles. The Labute approximate surface area is 542 Å². The number of aryl methyl sites for hydroxylation is 6. The Kier molecular flexibility index (Phi) is 25.2. The summed E-state index contributed by atoms with van der Waals surface area (Å²) in [6.07, 6.45) is 2.03. The fourth-order valence-corrected chi connectivity index (χ4v) is 13.4. The first-order chi connectivity index (χ1) is 40.0. The molecule has 0 fully saturated rings. The van der Waals surface area contributed by atoms with Crippen LogP contribution in [0.5, 0.6) is 0 Å². The van der Waals surface area contributed by atoms with Crippen LogP contribution in [0.25, 0.3) is 87.6 Å². The topological polar surface area (TPSA) is 0 Å². The molecule has 0 N–H and O–H groups in total. The number of rotatable bonds is 6. The van der Waals surface area contributed by atoms with Crippen molar-refractivity contribution in [1.82, 2.24) is 0 Å². The summed E-state index contributed by atoms with van der Waals surface area (Å²) < 4.78 is 0. The molecule has 6 heteroatoms. The minimum atomic E-state index is 0. The van der Waals surface area contributed by atoms with Crippen LogP contribution in [0.1, 0.15) is 33.4 Å². The summed E-state index contributed by atoms with van der Waals surface area (Å²) in [7, 11) is 0. The summed E-state index contributed by atoms with van der Waals surface area (Å²) in [5, 5.41) is 13.7. The van der Waals surface area contributed by atoms with Crippen LogP contribution in [0.2, 0.25) is 0 Å². The molecule has 0 aliphatic carbocycles. The van der Waals surface area contributed by atoms with Gasteiger partial charge in [0.2, 0.25) is 0 Å². The molecule has 410 valence electrons. The van der Waals surface area contributed by atoms with Gasteiger partial charge in [0.15, 0.2) is 0 Å². The average molecular weight is 1310 g/mol. The van der Waals surface area contributed by atoms with E-state index in [0.717, 1.165) is 12.3 Å². The normalized spacial score (nSPS) is 10.2. The summed E-state index contributed by atoms with van der Waals surface area (Å²) in [6, 6.07) is 104. The molecule has 0 aliphatic rings. The molecule has 0 aliphatic heterocycles. The van der Waals surface area contributed by atoms with Gasteiger partial charge in [-0.05, 0) is 22.3 Å². The zero-order valence-corrected chi connectivity index (χ0v) is 56.9. The number of halogens is 2. The molecular formula is C78H66Cl2Si2Zr2-2. The second-order valence-corrected chi connectivity index (χ2v) is 26.2. The predicted molar refractivity (Wildman–Crippen MR) is 352 cm³/mol. The smallest absolute Gasteiger partial charge is 1.00 e. The third-order valence-electron chi connectivity index (χ3n) is 14.3. The fraction of sp³-hybridized carbons (Fsp3) is 0.0769. The van der Waals surface area contributed by atoms with Gasteiger partial charge < -0.3 is 24.8 Å². The molecule has 0 saturated heterocycles. The zero-order valence-electron chi connectivity index (χ0n) is 48.5. The van der Waals surface area contributed by atoms with Crippen LogP contribution in [0, 0.1) is 41.5 Å². The van der Waals surface area contributed by atoms with Gasteiger partial charge in [-0.25, -0.2) is 0 Å². The van der Waals surface area contributed by atoms with Gasteiger partial charge in [-0.1, -0.05) is 196 Å². The number of fused-ring (bicyclic) bond motifs is 4. The fourth-order valence-electron chi connectivity index (χ4n) is 10.3. The van der Waals surface area contributed by atoms with Crippen molar-refractivity contribution in [3.05, 3.63) is 325 Å². The van der Waals surface area contributed by atoms with Crippen molar-refractivity contribution in [2.75, 3.05) is 0 Å². The minimum absolute atomic E-state index is 0. The minimum Gasteiger partial charge on any atom is -1.00 e. The third kappa shape index (κ3) is 17.7. The number of hydrogen-bond acceptors (Lipinski definition) is 0. The van der Waals surface area contributed by atoms with Crippen LogP contribution in [0.4, 0.5) is 0 Å². The Hall–Kier alpha value is -6.58. The van der Waals surface area contributed by atoms with Crippen LogP contribution >= 0.6 is 0 Å². The van der Waals surface area contributed by atoms with Crippen LogP contribution < -0.4 is 35.2 Å². The molecule has 2 radical (unpaired) electrons. The summed E-state index contributed by atoms with van der Waals surface area (Å²) >= 11 is 3.24. The monoisotopic (exact) mass is 1310 g/mol. The van der Waals surface area contributed by atoms with Crippen LogP contribution in [0.15, 0.2) is 291 Å². The van der Waals surface area contributed by atoms with Gasteiger partial charge in [-0.2, -0.15) is 24.3 Å². The second kappa shape index (κ2) is 32.6. The van der Waals surface area contributed by atoms with E-state index in [4.69, 9.17) is 0 Å². The summed E-state index contributed by atoms with van der Waals surface area (Å²) in [4.78, 5) is 0. The van der Waals surface area contributed by atoms with Gasteiger partial charge in [0, 0.05) is 0 Å². The SMILES string of the molecule is Cc1cc2c(-c3ccccc3)cccc2[cH-]1.Cc1cc2c(-c3ccccc3)cccc2[cH-]1.Cc1cc2c(-c3ccccc3)cccc2[cH-]1.Cc1cc2c(-c3ccccc3)cccc2[cH-]1.Cc1ccc([Si]=[Zr+2])cc1.Cc1ccc([Si]=[Zr+2])cc1.[Cl-].[Cl-]. The number of hydrogen-bond donors (Lipinski definition) is 0. The van der Waals surface area contributed by atoms with Crippen LogP contribution in [-0.2, 0) is 46.7 Å². The van der Waals surface area contributed by atoms with Crippen molar-refractivity contribution < 1.29 is 71.5 Å². The van der Waals surface area contributed by atoms with E-state index in [1.807, 2.05) is 0 Å². The zero-order chi connectivity index (χ0) is 57.2. The molecule has 0 spiro atoms. The van der Waals surface area contributed by atoms with Gasteiger partial charge >= 0.3 is 143 Å². The Bertz CT molecular complexity index is 3780. The maximum Gasteiger partial charge on any atom is -1.00 e. The van der Waals surface area contributed by atoms with Gasteiger partial charge in [-0.15, -0.1) is 138 Å². The van der Waals surface area contributed by atoms with E-state index in [9.17, 15) is 0 Å². The van der Waals surface area contributed by atoms with Crippen molar-refractivity contribution >= 4 is 65.8 Å². The van der Waals surface area contributed by atoms with Crippen molar-refractivity contribution in [3.8, 4) is 44.5 Å². The largest absolute Gasteiger partial charge is 1.00 e. The number of benzene rings is 10. The third-order valence-corrected chi connectivity index (χ3v) is 19.8. The van der Waals surface area contributed by atoms with Crippen LogP contribution in [-0.4, -0.2) is 12.3 Å². The summed E-state index contributed by atoms with van der Waals surface area (Å²) in [5.74, 6) is 0. The van der Waals surface area contributed by atoms with E-state index in [1.165, 1.54) is 131 Å². The maximum absolute atomic E-state index is 2.26. The quantitative estimate of drug-likeness (QED) is 0.115. The van der Waals surface area contributed by atoms with Gasteiger partial charge in [0.1, 0.15) is 0 Å². The molecule has 14 aromatic carbocycles. The molecule has 84 heavy (non-hydrogen) atoms. The summed E-state index contributed by atoms with van der Waals surface area (Å²) in [5.41, 5.74) is 18.5. The van der Waals surface area contributed by atoms with Crippen LogP contribution in [0.3, 0.4) is 0 Å². The molecule has 0 heterocycles. The Morgan fingerprint density at radius 1 is 0.250 bits per heavy atom.